The number of piperazine rings is 1. The number of rotatable bonds is 5. The number of fused-ring (bicyclic) bond motifs is 1. The quantitative estimate of drug-likeness (QED) is 0.576. The molecule has 0 radical (unpaired) electrons. The molecule has 1 saturated heterocycles. The van der Waals surface area contributed by atoms with Crippen molar-refractivity contribution in [1.29, 1.82) is 0 Å². The molecular formula is C26H32N6O2. The van der Waals surface area contributed by atoms with Crippen LogP contribution in [0.1, 0.15) is 56.0 Å². The van der Waals surface area contributed by atoms with Gasteiger partial charge in [0.2, 0.25) is 5.91 Å². The summed E-state index contributed by atoms with van der Waals surface area (Å²) < 4.78 is 7.25. The molecule has 2 aromatic heterocycles. The Morgan fingerprint density at radius 2 is 1.68 bits per heavy atom. The Labute approximate surface area is 199 Å². The van der Waals surface area contributed by atoms with Crippen molar-refractivity contribution in [3.63, 3.8) is 0 Å². The van der Waals surface area contributed by atoms with Crippen LogP contribution in [0.25, 0.3) is 16.7 Å². The molecule has 178 valence electrons. The molecule has 3 heterocycles. The van der Waals surface area contributed by atoms with Crippen molar-refractivity contribution in [1.82, 2.24) is 24.6 Å². The van der Waals surface area contributed by atoms with E-state index in [1.807, 2.05) is 35.9 Å². The summed E-state index contributed by atoms with van der Waals surface area (Å²) in [5, 5.41) is 5.88. The van der Waals surface area contributed by atoms with E-state index < -0.39 is 0 Å². The molecule has 3 aliphatic rings. The molecule has 6 rings (SSSR count). The van der Waals surface area contributed by atoms with Crippen LogP contribution in [-0.2, 0) is 4.79 Å². The van der Waals surface area contributed by atoms with Crippen molar-refractivity contribution in [2.45, 2.75) is 51.4 Å². The van der Waals surface area contributed by atoms with Crippen LogP contribution in [0.2, 0.25) is 0 Å². The number of carbonyl (C=O) groups excluding carboxylic acids is 1. The minimum Gasteiger partial charge on any atom is -0.497 e. The summed E-state index contributed by atoms with van der Waals surface area (Å²) in [5.41, 5.74) is 2.74. The highest BCUT2D eigenvalue weighted by molar-refractivity contribution is 5.91. The molecule has 0 N–H and O–H groups in total. The van der Waals surface area contributed by atoms with Crippen LogP contribution in [-0.4, -0.2) is 63.8 Å². The molecule has 0 spiro atoms. The van der Waals surface area contributed by atoms with Crippen LogP contribution >= 0.6 is 0 Å². The van der Waals surface area contributed by atoms with Gasteiger partial charge in [-0.25, -0.2) is 14.6 Å². The second-order valence-electron chi connectivity index (χ2n) is 9.87. The second kappa shape index (κ2) is 8.56. The molecule has 2 aliphatic carbocycles. The van der Waals surface area contributed by atoms with Gasteiger partial charge >= 0.3 is 0 Å². The zero-order chi connectivity index (χ0) is 23.2. The molecule has 0 unspecified atom stereocenters. The molecular weight excluding hydrogens is 428 g/mol. The fourth-order valence-electron chi connectivity index (χ4n) is 5.40. The van der Waals surface area contributed by atoms with Crippen molar-refractivity contribution in [2.75, 3.05) is 38.2 Å². The number of methoxy groups -OCH3 is 1. The standard InChI is InChI=1S/C26H32N6O2/c1-17-22-24(30-13-15-31(16-14-30)26(33)19-5-3-4-6-19)27-23(18-7-8-18)28-25(22)32(29-17)20-9-11-21(34-2)12-10-20/h9-12,18-19H,3-8,13-16H2,1-2H3. The zero-order valence-corrected chi connectivity index (χ0v) is 20.0. The van der Waals surface area contributed by atoms with Crippen molar-refractivity contribution in [2.24, 2.45) is 5.92 Å². The molecule has 8 heteroatoms. The van der Waals surface area contributed by atoms with E-state index in [2.05, 4.69) is 9.80 Å². The van der Waals surface area contributed by atoms with Crippen LogP contribution < -0.4 is 9.64 Å². The Morgan fingerprint density at radius 3 is 2.32 bits per heavy atom. The molecule has 1 amide bonds. The van der Waals surface area contributed by atoms with Crippen LogP contribution in [0.3, 0.4) is 0 Å². The van der Waals surface area contributed by atoms with Gasteiger partial charge in [-0.05, 0) is 56.9 Å². The normalized spacial score (nSPS) is 19.2. The van der Waals surface area contributed by atoms with Gasteiger partial charge in [-0.2, -0.15) is 5.10 Å². The SMILES string of the molecule is COc1ccc(-n2nc(C)c3c(N4CCN(C(=O)C5CCCC5)CC4)nc(C4CC4)nc32)cc1. The summed E-state index contributed by atoms with van der Waals surface area (Å²) in [6.45, 7) is 5.13. The van der Waals surface area contributed by atoms with Crippen molar-refractivity contribution in [3.05, 3.63) is 35.8 Å². The van der Waals surface area contributed by atoms with E-state index in [-0.39, 0.29) is 5.92 Å². The molecule has 8 nitrogen and oxygen atoms in total. The number of aryl methyl sites for hydroxylation is 1. The average molecular weight is 461 g/mol. The van der Waals surface area contributed by atoms with Gasteiger partial charge in [0.05, 0.1) is 23.9 Å². The lowest BCUT2D eigenvalue weighted by Crippen LogP contribution is -2.50. The minimum absolute atomic E-state index is 0.240. The summed E-state index contributed by atoms with van der Waals surface area (Å²) in [6.07, 6.45) is 6.78. The van der Waals surface area contributed by atoms with Crippen LogP contribution in [0, 0.1) is 12.8 Å². The topological polar surface area (TPSA) is 76.4 Å². The summed E-state index contributed by atoms with van der Waals surface area (Å²) in [5.74, 6) is 3.73. The first-order valence-corrected chi connectivity index (χ1v) is 12.6. The molecule has 1 aromatic carbocycles. The highest BCUT2D eigenvalue weighted by atomic mass is 16.5. The highest BCUT2D eigenvalue weighted by Crippen LogP contribution is 2.41. The lowest BCUT2D eigenvalue weighted by Gasteiger charge is -2.37. The Bertz CT molecular complexity index is 1200. The van der Waals surface area contributed by atoms with Crippen LogP contribution in [0.5, 0.6) is 5.75 Å². The van der Waals surface area contributed by atoms with E-state index in [0.717, 1.165) is 91.7 Å². The summed E-state index contributed by atoms with van der Waals surface area (Å²) in [6, 6.07) is 7.92. The molecule has 1 aliphatic heterocycles. The predicted octanol–water partition coefficient (Wildman–Crippen LogP) is 3.85. The number of amides is 1. The average Bonchev–Trinajstić information content (AvgIpc) is 3.48. The lowest BCUT2D eigenvalue weighted by atomic mass is 10.1. The fraction of sp³-hybridized carbons (Fsp3) is 0.538. The summed E-state index contributed by atoms with van der Waals surface area (Å²) >= 11 is 0. The van der Waals surface area contributed by atoms with Crippen molar-refractivity contribution in [3.8, 4) is 11.4 Å². The van der Waals surface area contributed by atoms with E-state index >= 15 is 0 Å². The number of carbonyl (C=O) groups is 1. The Kier molecular flexibility index (Phi) is 5.38. The minimum atomic E-state index is 0.240. The zero-order valence-electron chi connectivity index (χ0n) is 20.0. The van der Waals surface area contributed by atoms with Gasteiger partial charge < -0.3 is 14.5 Å². The number of hydrogen-bond acceptors (Lipinski definition) is 6. The number of ether oxygens (including phenoxy) is 1. The summed E-state index contributed by atoms with van der Waals surface area (Å²) in [4.78, 5) is 27.4. The van der Waals surface area contributed by atoms with Crippen molar-refractivity contribution < 1.29 is 9.53 Å². The first kappa shape index (κ1) is 21.4. The second-order valence-corrected chi connectivity index (χ2v) is 9.87. The Morgan fingerprint density at radius 1 is 0.971 bits per heavy atom. The maximum Gasteiger partial charge on any atom is 0.225 e. The van der Waals surface area contributed by atoms with Gasteiger partial charge in [-0.3, -0.25) is 4.79 Å². The lowest BCUT2D eigenvalue weighted by molar-refractivity contribution is -0.135. The number of aromatic nitrogens is 4. The smallest absolute Gasteiger partial charge is 0.225 e. The van der Waals surface area contributed by atoms with Gasteiger partial charge in [0, 0.05) is 38.0 Å². The van der Waals surface area contributed by atoms with E-state index in [9.17, 15) is 4.79 Å². The molecule has 34 heavy (non-hydrogen) atoms. The predicted molar refractivity (Wildman–Crippen MR) is 131 cm³/mol. The molecule has 3 aromatic rings. The van der Waals surface area contributed by atoms with Crippen LogP contribution in [0.4, 0.5) is 5.82 Å². The number of nitrogens with zero attached hydrogens (tertiary/aromatic N) is 6. The third-order valence-electron chi connectivity index (χ3n) is 7.56. The van der Waals surface area contributed by atoms with Gasteiger partial charge in [0.1, 0.15) is 17.4 Å². The van der Waals surface area contributed by atoms with Gasteiger partial charge in [0.15, 0.2) is 5.65 Å². The highest BCUT2D eigenvalue weighted by Gasteiger charge is 2.33. The third kappa shape index (κ3) is 3.79. The Balaban J connectivity index is 1.33. The number of benzene rings is 1. The van der Waals surface area contributed by atoms with E-state index in [1.54, 1.807) is 7.11 Å². The van der Waals surface area contributed by atoms with E-state index in [4.69, 9.17) is 19.8 Å². The number of hydrogen-bond donors (Lipinski definition) is 0. The number of anilines is 1. The van der Waals surface area contributed by atoms with Gasteiger partial charge in [0.25, 0.3) is 0 Å². The Hall–Kier alpha value is -3.16. The molecule has 0 bridgehead atoms. The molecule has 2 saturated carbocycles. The maximum atomic E-state index is 12.9. The third-order valence-corrected chi connectivity index (χ3v) is 7.56. The largest absolute Gasteiger partial charge is 0.497 e. The fourth-order valence-corrected chi connectivity index (χ4v) is 5.40. The first-order chi connectivity index (χ1) is 16.6. The van der Waals surface area contributed by atoms with Gasteiger partial charge in [-0.1, -0.05) is 12.8 Å². The first-order valence-electron chi connectivity index (χ1n) is 12.6. The monoisotopic (exact) mass is 460 g/mol. The van der Waals surface area contributed by atoms with Gasteiger partial charge in [-0.15, -0.1) is 0 Å². The molecule has 3 fully saturated rings. The van der Waals surface area contributed by atoms with E-state index in [1.165, 1.54) is 12.8 Å². The van der Waals surface area contributed by atoms with Crippen LogP contribution in [0.15, 0.2) is 24.3 Å². The molecule has 0 atom stereocenters. The summed E-state index contributed by atoms with van der Waals surface area (Å²) in [7, 11) is 1.67. The van der Waals surface area contributed by atoms with Crippen molar-refractivity contribution >= 4 is 22.8 Å². The maximum absolute atomic E-state index is 12.9. The van der Waals surface area contributed by atoms with E-state index in [0.29, 0.717) is 11.8 Å².